The van der Waals surface area contributed by atoms with E-state index in [1.54, 1.807) is 37.4 Å². The van der Waals surface area contributed by atoms with Crippen molar-refractivity contribution >= 4 is 23.3 Å². The van der Waals surface area contributed by atoms with Crippen molar-refractivity contribution in [2.24, 2.45) is 0 Å². The quantitative estimate of drug-likeness (QED) is 0.680. The Kier molecular flexibility index (Phi) is 4.71. The number of amides is 2. The van der Waals surface area contributed by atoms with E-state index in [4.69, 9.17) is 16.3 Å². The van der Waals surface area contributed by atoms with Gasteiger partial charge in [-0.05, 0) is 35.9 Å². The van der Waals surface area contributed by atoms with Crippen LogP contribution in [0.4, 0.5) is 10.5 Å². The molecule has 0 saturated carbocycles. The minimum Gasteiger partial charge on any atom is -0.497 e. The number of carbonyl (C=O) groups is 1. The molecule has 0 spiro atoms. The maximum Gasteiger partial charge on any atom is 0.324 e. The van der Waals surface area contributed by atoms with Crippen LogP contribution in [-0.2, 0) is 12.3 Å². The van der Waals surface area contributed by atoms with Crippen LogP contribution in [-0.4, -0.2) is 23.1 Å². The van der Waals surface area contributed by atoms with Crippen LogP contribution in [0.15, 0.2) is 72.8 Å². The highest BCUT2D eigenvalue weighted by molar-refractivity contribution is 6.30. The standard InChI is InChI=1S/C22H19ClN2O3/c1-28-18-10-7-15(8-11-18)14-25-21(26)24-20-12-9-17(23)13-19(20)22(25,27)16-5-3-2-4-6-16/h2-13,27H,14H2,1H3,(H,24,26). The number of halogens is 1. The monoisotopic (exact) mass is 394 g/mol. The summed E-state index contributed by atoms with van der Waals surface area (Å²) in [6.45, 7) is 0.202. The maximum absolute atomic E-state index is 13.0. The third kappa shape index (κ3) is 3.09. The molecular weight excluding hydrogens is 376 g/mol. The predicted octanol–water partition coefficient (Wildman–Crippen LogP) is 4.59. The van der Waals surface area contributed by atoms with E-state index in [0.717, 1.165) is 11.3 Å². The van der Waals surface area contributed by atoms with Crippen molar-refractivity contribution in [2.45, 2.75) is 12.3 Å². The van der Waals surface area contributed by atoms with Crippen molar-refractivity contribution in [3.8, 4) is 5.75 Å². The second-order valence-corrected chi connectivity index (χ2v) is 7.03. The largest absolute Gasteiger partial charge is 0.497 e. The fourth-order valence-electron chi connectivity index (χ4n) is 3.47. The predicted molar refractivity (Wildman–Crippen MR) is 108 cm³/mol. The summed E-state index contributed by atoms with van der Waals surface area (Å²) in [5.41, 5.74) is 0.840. The van der Waals surface area contributed by atoms with E-state index >= 15 is 0 Å². The molecule has 0 aliphatic carbocycles. The molecule has 1 unspecified atom stereocenters. The highest BCUT2D eigenvalue weighted by Gasteiger charge is 2.46. The van der Waals surface area contributed by atoms with Crippen molar-refractivity contribution in [1.29, 1.82) is 0 Å². The minimum absolute atomic E-state index is 0.202. The lowest BCUT2D eigenvalue weighted by atomic mass is 9.89. The second-order valence-electron chi connectivity index (χ2n) is 6.59. The molecule has 28 heavy (non-hydrogen) atoms. The summed E-state index contributed by atoms with van der Waals surface area (Å²) in [5.74, 6) is 0.724. The van der Waals surface area contributed by atoms with Crippen LogP contribution in [0.3, 0.4) is 0 Å². The van der Waals surface area contributed by atoms with Gasteiger partial charge in [0.2, 0.25) is 0 Å². The average molecular weight is 395 g/mol. The summed E-state index contributed by atoms with van der Waals surface area (Å²) in [6, 6.07) is 21.2. The molecule has 2 amide bonds. The molecule has 0 aromatic heterocycles. The van der Waals surface area contributed by atoms with Crippen molar-refractivity contribution in [1.82, 2.24) is 4.90 Å². The van der Waals surface area contributed by atoms with Crippen LogP contribution in [0.25, 0.3) is 0 Å². The number of rotatable bonds is 4. The van der Waals surface area contributed by atoms with Gasteiger partial charge in [-0.2, -0.15) is 0 Å². The van der Waals surface area contributed by atoms with Gasteiger partial charge in [0, 0.05) is 16.1 Å². The Morgan fingerprint density at radius 1 is 1.07 bits per heavy atom. The molecule has 1 heterocycles. The van der Waals surface area contributed by atoms with E-state index < -0.39 is 11.8 Å². The van der Waals surface area contributed by atoms with Gasteiger partial charge >= 0.3 is 6.03 Å². The summed E-state index contributed by atoms with van der Waals surface area (Å²) in [5, 5.41) is 15.2. The van der Waals surface area contributed by atoms with Gasteiger partial charge in [0.05, 0.1) is 19.3 Å². The number of carbonyl (C=O) groups excluding carboxylic acids is 1. The van der Waals surface area contributed by atoms with Crippen molar-refractivity contribution < 1.29 is 14.6 Å². The van der Waals surface area contributed by atoms with E-state index in [0.29, 0.717) is 21.8 Å². The average Bonchev–Trinajstić information content (AvgIpc) is 2.73. The normalized spacial score (nSPS) is 18.4. The number of urea groups is 1. The maximum atomic E-state index is 13.0. The van der Waals surface area contributed by atoms with Crippen LogP contribution in [0.5, 0.6) is 5.75 Å². The van der Waals surface area contributed by atoms with Gasteiger partial charge in [0.15, 0.2) is 5.72 Å². The molecule has 142 valence electrons. The Balaban J connectivity index is 1.84. The third-order valence-corrected chi connectivity index (χ3v) is 5.15. The molecule has 5 nitrogen and oxygen atoms in total. The van der Waals surface area contributed by atoms with Crippen molar-refractivity contribution in [2.75, 3.05) is 12.4 Å². The highest BCUT2D eigenvalue weighted by Crippen LogP contribution is 2.43. The van der Waals surface area contributed by atoms with Gasteiger partial charge in [-0.1, -0.05) is 54.1 Å². The fraction of sp³-hybridized carbons (Fsp3) is 0.136. The molecule has 2 N–H and O–H groups in total. The number of methoxy groups -OCH3 is 1. The topological polar surface area (TPSA) is 61.8 Å². The Hall–Kier alpha value is -3.02. The van der Waals surface area contributed by atoms with Gasteiger partial charge in [-0.3, -0.25) is 4.90 Å². The summed E-state index contributed by atoms with van der Waals surface area (Å²) < 4.78 is 5.19. The number of benzene rings is 3. The molecule has 0 bridgehead atoms. The van der Waals surface area contributed by atoms with Crippen LogP contribution in [0, 0.1) is 0 Å². The summed E-state index contributed by atoms with van der Waals surface area (Å²) in [6.07, 6.45) is 0. The number of nitrogens with one attached hydrogen (secondary N) is 1. The first-order chi connectivity index (χ1) is 13.5. The zero-order chi connectivity index (χ0) is 19.7. The van der Waals surface area contributed by atoms with Gasteiger partial charge in [-0.15, -0.1) is 0 Å². The van der Waals surface area contributed by atoms with Crippen LogP contribution < -0.4 is 10.1 Å². The number of ether oxygens (including phenoxy) is 1. The zero-order valence-electron chi connectivity index (χ0n) is 15.2. The Labute approximate surface area is 168 Å². The molecule has 3 aromatic carbocycles. The third-order valence-electron chi connectivity index (χ3n) is 4.91. The molecule has 1 atom stereocenters. The number of hydrogen-bond donors (Lipinski definition) is 2. The SMILES string of the molecule is COc1ccc(CN2C(=O)Nc3ccc(Cl)cc3C2(O)c2ccccc2)cc1. The highest BCUT2D eigenvalue weighted by atomic mass is 35.5. The lowest BCUT2D eigenvalue weighted by Crippen LogP contribution is -2.55. The number of nitrogens with zero attached hydrogens (tertiary/aromatic N) is 1. The van der Waals surface area contributed by atoms with Crippen molar-refractivity contribution in [3.63, 3.8) is 0 Å². The van der Waals surface area contributed by atoms with Gasteiger partial charge in [0.1, 0.15) is 5.75 Å². The molecule has 0 radical (unpaired) electrons. The van der Waals surface area contributed by atoms with E-state index in [-0.39, 0.29) is 6.54 Å². The van der Waals surface area contributed by atoms with E-state index in [1.165, 1.54) is 4.90 Å². The molecule has 1 aliphatic rings. The van der Waals surface area contributed by atoms with E-state index in [2.05, 4.69) is 5.32 Å². The first-order valence-electron chi connectivity index (χ1n) is 8.82. The lowest BCUT2D eigenvalue weighted by molar-refractivity contribution is -0.0565. The van der Waals surface area contributed by atoms with Gasteiger partial charge in [0.25, 0.3) is 0 Å². The first-order valence-corrected chi connectivity index (χ1v) is 9.19. The van der Waals surface area contributed by atoms with E-state index in [1.807, 2.05) is 42.5 Å². The summed E-state index contributed by atoms with van der Waals surface area (Å²) in [4.78, 5) is 14.4. The number of aliphatic hydroxyl groups is 1. The second kappa shape index (κ2) is 7.19. The number of hydrogen-bond acceptors (Lipinski definition) is 3. The molecule has 1 aliphatic heterocycles. The Morgan fingerprint density at radius 3 is 2.46 bits per heavy atom. The smallest absolute Gasteiger partial charge is 0.324 e. The van der Waals surface area contributed by atoms with Crippen molar-refractivity contribution in [3.05, 3.63) is 94.5 Å². The molecule has 0 saturated heterocycles. The molecular formula is C22H19ClN2O3. The summed E-state index contributed by atoms with van der Waals surface area (Å²) >= 11 is 6.21. The van der Waals surface area contributed by atoms with Crippen LogP contribution >= 0.6 is 11.6 Å². The number of anilines is 1. The lowest BCUT2D eigenvalue weighted by Gasteiger charge is -2.44. The van der Waals surface area contributed by atoms with Crippen LogP contribution in [0.1, 0.15) is 16.7 Å². The first kappa shape index (κ1) is 18.3. The molecule has 6 heteroatoms. The van der Waals surface area contributed by atoms with Gasteiger partial charge in [-0.25, -0.2) is 4.79 Å². The Bertz CT molecular complexity index is 1010. The number of fused-ring (bicyclic) bond motifs is 1. The van der Waals surface area contributed by atoms with Gasteiger partial charge < -0.3 is 15.2 Å². The summed E-state index contributed by atoms with van der Waals surface area (Å²) in [7, 11) is 1.60. The molecule has 0 fully saturated rings. The van der Waals surface area contributed by atoms with Crippen LogP contribution in [0.2, 0.25) is 5.02 Å². The zero-order valence-corrected chi connectivity index (χ0v) is 16.0. The molecule has 3 aromatic rings. The van der Waals surface area contributed by atoms with E-state index in [9.17, 15) is 9.90 Å². The minimum atomic E-state index is -1.66. The fourth-order valence-corrected chi connectivity index (χ4v) is 3.64. The Morgan fingerprint density at radius 2 is 1.79 bits per heavy atom. The molecule has 4 rings (SSSR count).